The fourth-order valence-electron chi connectivity index (χ4n) is 2.18. The van der Waals surface area contributed by atoms with E-state index in [9.17, 15) is 4.79 Å². The van der Waals surface area contributed by atoms with Crippen LogP contribution in [0.25, 0.3) is 0 Å². The van der Waals surface area contributed by atoms with Gasteiger partial charge < -0.3 is 10.0 Å². The molecule has 1 amide bonds. The molecule has 4 heteroatoms. The number of aliphatic hydroxyl groups excluding tert-OH is 1. The summed E-state index contributed by atoms with van der Waals surface area (Å²) in [6, 6.07) is 3.73. The summed E-state index contributed by atoms with van der Waals surface area (Å²) < 4.78 is 0. The lowest BCUT2D eigenvalue weighted by Gasteiger charge is -2.14. The molecule has 0 aromatic carbocycles. The summed E-state index contributed by atoms with van der Waals surface area (Å²) in [7, 11) is 0. The predicted molar refractivity (Wildman–Crippen MR) is 77.1 cm³/mol. The maximum absolute atomic E-state index is 12.3. The molecular formula is C15H19NO2S. The highest BCUT2D eigenvalue weighted by Gasteiger charge is 2.30. The number of amides is 1. The van der Waals surface area contributed by atoms with Crippen LogP contribution in [-0.4, -0.2) is 35.6 Å². The average molecular weight is 277 g/mol. The molecule has 0 radical (unpaired) electrons. The van der Waals surface area contributed by atoms with Gasteiger partial charge in [0.05, 0.1) is 16.4 Å². The SMILES string of the molecule is CC1CN(C(=O)c2ccc(C#CCCO)s2)CC1C. The van der Waals surface area contributed by atoms with Gasteiger partial charge in [0, 0.05) is 19.5 Å². The van der Waals surface area contributed by atoms with E-state index in [1.54, 1.807) is 0 Å². The predicted octanol–water partition coefficient (Wildman–Crippen LogP) is 2.21. The highest BCUT2D eigenvalue weighted by Crippen LogP contribution is 2.25. The normalized spacial score (nSPS) is 22.2. The van der Waals surface area contributed by atoms with Gasteiger partial charge in [0.15, 0.2) is 0 Å². The number of thiophene rings is 1. The second-order valence-electron chi connectivity index (χ2n) is 5.10. The monoisotopic (exact) mass is 277 g/mol. The Bertz CT molecular complexity index is 502. The zero-order valence-electron chi connectivity index (χ0n) is 11.3. The molecule has 0 saturated carbocycles. The maximum Gasteiger partial charge on any atom is 0.263 e. The topological polar surface area (TPSA) is 40.5 Å². The van der Waals surface area contributed by atoms with Gasteiger partial charge in [-0.1, -0.05) is 25.7 Å². The van der Waals surface area contributed by atoms with Crippen molar-refractivity contribution in [1.82, 2.24) is 4.90 Å². The number of nitrogens with zero attached hydrogens (tertiary/aromatic N) is 1. The van der Waals surface area contributed by atoms with Gasteiger partial charge in [-0.05, 0) is 24.0 Å². The first-order chi connectivity index (χ1) is 9.11. The number of hydrogen-bond acceptors (Lipinski definition) is 3. The average Bonchev–Trinajstić information content (AvgIpc) is 2.97. The lowest BCUT2D eigenvalue weighted by Crippen LogP contribution is -2.28. The van der Waals surface area contributed by atoms with Crippen LogP contribution < -0.4 is 0 Å². The van der Waals surface area contributed by atoms with Gasteiger partial charge in [0.2, 0.25) is 0 Å². The highest BCUT2D eigenvalue weighted by molar-refractivity contribution is 7.14. The summed E-state index contributed by atoms with van der Waals surface area (Å²) in [5.74, 6) is 7.11. The molecule has 2 unspecified atom stereocenters. The third-order valence-electron chi connectivity index (χ3n) is 3.54. The van der Waals surface area contributed by atoms with Crippen LogP contribution in [0.4, 0.5) is 0 Å². The van der Waals surface area contributed by atoms with Gasteiger partial charge in [0.1, 0.15) is 0 Å². The third kappa shape index (κ3) is 3.37. The Kier molecular flexibility index (Phi) is 4.62. The van der Waals surface area contributed by atoms with Crippen molar-refractivity contribution in [2.24, 2.45) is 11.8 Å². The Morgan fingerprint density at radius 2 is 2.11 bits per heavy atom. The quantitative estimate of drug-likeness (QED) is 0.842. The van der Waals surface area contributed by atoms with Crippen LogP contribution in [0.5, 0.6) is 0 Å². The van der Waals surface area contributed by atoms with Crippen molar-refractivity contribution in [3.8, 4) is 11.8 Å². The molecule has 0 spiro atoms. The van der Waals surface area contributed by atoms with E-state index < -0.39 is 0 Å². The summed E-state index contributed by atoms with van der Waals surface area (Å²) >= 11 is 1.43. The van der Waals surface area contributed by atoms with Crippen molar-refractivity contribution in [2.45, 2.75) is 20.3 Å². The van der Waals surface area contributed by atoms with Gasteiger partial charge in [-0.3, -0.25) is 4.79 Å². The molecule has 3 nitrogen and oxygen atoms in total. The van der Waals surface area contributed by atoms with E-state index in [0.29, 0.717) is 18.3 Å². The standard InChI is InChI=1S/C15H19NO2S/c1-11-9-16(10-12(11)2)15(18)14-7-6-13(19-14)5-3-4-8-17/h6-7,11-12,17H,4,8-10H2,1-2H3. The molecule has 1 fully saturated rings. The van der Waals surface area contributed by atoms with E-state index in [2.05, 4.69) is 25.7 Å². The van der Waals surface area contributed by atoms with E-state index >= 15 is 0 Å². The molecule has 1 aliphatic rings. The van der Waals surface area contributed by atoms with Crippen molar-refractivity contribution < 1.29 is 9.90 Å². The Morgan fingerprint density at radius 1 is 1.42 bits per heavy atom. The first-order valence-corrected chi connectivity index (χ1v) is 7.42. The number of carbonyl (C=O) groups is 1. The zero-order valence-corrected chi connectivity index (χ0v) is 12.2. The lowest BCUT2D eigenvalue weighted by atomic mass is 10.0. The molecule has 19 heavy (non-hydrogen) atoms. The Hall–Kier alpha value is -1.31. The molecule has 1 aromatic heterocycles. The van der Waals surface area contributed by atoms with Gasteiger partial charge in [-0.15, -0.1) is 11.3 Å². The molecule has 102 valence electrons. The molecule has 0 aliphatic carbocycles. The minimum atomic E-state index is 0.0771. The van der Waals surface area contributed by atoms with Crippen LogP contribution in [0.15, 0.2) is 12.1 Å². The fourth-order valence-corrected chi connectivity index (χ4v) is 3.03. The summed E-state index contributed by atoms with van der Waals surface area (Å²) in [4.78, 5) is 15.9. The Morgan fingerprint density at radius 3 is 2.74 bits per heavy atom. The van der Waals surface area contributed by atoms with Gasteiger partial charge in [-0.2, -0.15) is 0 Å². The minimum Gasteiger partial charge on any atom is -0.395 e. The summed E-state index contributed by atoms with van der Waals surface area (Å²) in [6.07, 6.45) is 0.475. The Labute approximate surface area is 118 Å². The zero-order chi connectivity index (χ0) is 13.8. The smallest absolute Gasteiger partial charge is 0.263 e. The van der Waals surface area contributed by atoms with Gasteiger partial charge >= 0.3 is 0 Å². The molecule has 1 saturated heterocycles. The molecule has 2 rings (SSSR count). The fraction of sp³-hybridized carbons (Fsp3) is 0.533. The summed E-state index contributed by atoms with van der Waals surface area (Å²) in [5.41, 5.74) is 0. The second kappa shape index (κ2) is 6.23. The van der Waals surface area contributed by atoms with Crippen molar-refractivity contribution in [3.05, 3.63) is 21.9 Å². The molecule has 1 aromatic rings. The Balaban J connectivity index is 2.03. The van der Waals surface area contributed by atoms with E-state index in [0.717, 1.165) is 22.8 Å². The number of hydrogen-bond donors (Lipinski definition) is 1. The van der Waals surface area contributed by atoms with Crippen molar-refractivity contribution >= 4 is 17.2 Å². The maximum atomic E-state index is 12.3. The van der Waals surface area contributed by atoms with Crippen LogP contribution in [0.1, 0.15) is 34.8 Å². The highest BCUT2D eigenvalue weighted by atomic mass is 32.1. The van der Waals surface area contributed by atoms with Crippen molar-refractivity contribution in [1.29, 1.82) is 0 Å². The van der Waals surface area contributed by atoms with Crippen LogP contribution in [0, 0.1) is 23.7 Å². The molecular weight excluding hydrogens is 258 g/mol. The van der Waals surface area contributed by atoms with Crippen molar-refractivity contribution in [3.63, 3.8) is 0 Å². The van der Waals surface area contributed by atoms with Gasteiger partial charge in [0.25, 0.3) is 5.91 Å². The van der Waals surface area contributed by atoms with Crippen molar-refractivity contribution in [2.75, 3.05) is 19.7 Å². The number of rotatable bonds is 2. The molecule has 1 aliphatic heterocycles. The molecule has 0 bridgehead atoms. The first kappa shape index (κ1) is 14.1. The molecule has 2 atom stereocenters. The number of likely N-dealkylation sites (tertiary alicyclic amines) is 1. The summed E-state index contributed by atoms with van der Waals surface area (Å²) in [5, 5.41) is 8.67. The van der Waals surface area contributed by atoms with Crippen LogP contribution in [0.2, 0.25) is 0 Å². The second-order valence-corrected chi connectivity index (χ2v) is 6.19. The molecule has 2 heterocycles. The van der Waals surface area contributed by atoms with Crippen LogP contribution >= 0.6 is 11.3 Å². The largest absolute Gasteiger partial charge is 0.395 e. The summed E-state index contributed by atoms with van der Waals surface area (Å²) in [6.45, 7) is 6.16. The van der Waals surface area contributed by atoms with Gasteiger partial charge in [-0.25, -0.2) is 0 Å². The first-order valence-electron chi connectivity index (χ1n) is 6.60. The van der Waals surface area contributed by atoms with Crippen LogP contribution in [-0.2, 0) is 0 Å². The lowest BCUT2D eigenvalue weighted by molar-refractivity contribution is 0.0790. The number of aliphatic hydroxyl groups is 1. The third-order valence-corrected chi connectivity index (χ3v) is 4.53. The number of carbonyl (C=O) groups excluding carboxylic acids is 1. The van der Waals surface area contributed by atoms with Crippen LogP contribution in [0.3, 0.4) is 0 Å². The van der Waals surface area contributed by atoms with E-state index in [1.165, 1.54) is 11.3 Å². The van der Waals surface area contributed by atoms with E-state index in [4.69, 9.17) is 5.11 Å². The minimum absolute atomic E-state index is 0.0771. The molecule has 1 N–H and O–H groups in total. The van der Waals surface area contributed by atoms with E-state index in [1.807, 2.05) is 17.0 Å². The van der Waals surface area contributed by atoms with E-state index in [-0.39, 0.29) is 12.5 Å².